The quantitative estimate of drug-likeness (QED) is 0.0906. The van der Waals surface area contributed by atoms with Crippen molar-refractivity contribution in [3.05, 3.63) is 308 Å². The Morgan fingerprint density at radius 2 is 0.517 bits per heavy atom. The SMILES string of the molecule is Cc1cc(-c2ccc(CC(=O)Nc3ccc(-c4cccnc4)cc3)cc2)ccn1.Cc1cc(-c2ccc(CC(=O)Nc3ccc(-c4cccnc4)cc3)cc2)ccn1.Cc1cc(-c2ccc(CC(=O)Nc3ccc(-c4cccnc4)cc3)cc2)ccn1. The monoisotopic (exact) mass is 1140 g/mol. The van der Waals surface area contributed by atoms with E-state index >= 15 is 0 Å². The van der Waals surface area contributed by atoms with Crippen LogP contribution < -0.4 is 16.0 Å². The molecule has 6 aromatic carbocycles. The Kier molecular flexibility index (Phi) is 19.8. The molecule has 0 spiro atoms. The summed E-state index contributed by atoms with van der Waals surface area (Å²) in [7, 11) is 0. The van der Waals surface area contributed by atoms with E-state index in [2.05, 4.69) is 64.1 Å². The van der Waals surface area contributed by atoms with E-state index in [0.717, 1.165) is 118 Å². The van der Waals surface area contributed by atoms with E-state index in [9.17, 15) is 14.4 Å². The lowest BCUT2D eigenvalue weighted by atomic mass is 10.0. The minimum atomic E-state index is -0.0355. The average molecular weight is 1140 g/mol. The molecule has 0 aliphatic carbocycles. The zero-order chi connectivity index (χ0) is 60.2. The first-order valence-electron chi connectivity index (χ1n) is 28.5. The number of nitrogens with zero attached hydrogens (tertiary/aromatic N) is 6. The van der Waals surface area contributed by atoms with Gasteiger partial charge in [-0.05, 0) is 195 Å². The van der Waals surface area contributed by atoms with E-state index in [0.29, 0.717) is 19.3 Å². The summed E-state index contributed by atoms with van der Waals surface area (Å²) < 4.78 is 0. The molecule has 0 atom stereocenters. The number of benzene rings is 6. The molecule has 0 unspecified atom stereocenters. The molecule has 12 heteroatoms. The van der Waals surface area contributed by atoms with Crippen molar-refractivity contribution in [2.45, 2.75) is 40.0 Å². The smallest absolute Gasteiger partial charge is 0.228 e. The van der Waals surface area contributed by atoms with Crippen LogP contribution in [0.4, 0.5) is 17.1 Å². The number of pyridine rings is 6. The Bertz CT molecular complexity index is 3750. The van der Waals surface area contributed by atoms with Crippen LogP contribution in [0.25, 0.3) is 66.8 Å². The molecule has 0 saturated carbocycles. The lowest BCUT2D eigenvalue weighted by molar-refractivity contribution is -0.116. The molecule has 3 amide bonds. The van der Waals surface area contributed by atoms with Crippen molar-refractivity contribution in [1.29, 1.82) is 0 Å². The average Bonchev–Trinajstić information content (AvgIpc) is 3.75. The van der Waals surface area contributed by atoms with Crippen LogP contribution >= 0.6 is 0 Å². The highest BCUT2D eigenvalue weighted by Crippen LogP contribution is 2.26. The summed E-state index contributed by atoms with van der Waals surface area (Å²) >= 11 is 0. The zero-order valence-corrected chi connectivity index (χ0v) is 48.5. The van der Waals surface area contributed by atoms with Crippen molar-refractivity contribution in [2.24, 2.45) is 0 Å². The molecular weight excluding hydrogens is 1070 g/mol. The Balaban J connectivity index is 0.000000144. The number of hydrogen-bond acceptors (Lipinski definition) is 9. The molecule has 0 radical (unpaired) electrons. The number of aromatic nitrogens is 6. The maximum absolute atomic E-state index is 12.4. The maximum atomic E-state index is 12.4. The van der Waals surface area contributed by atoms with Crippen LogP contribution in [0.2, 0.25) is 0 Å². The van der Waals surface area contributed by atoms with Crippen molar-refractivity contribution in [1.82, 2.24) is 29.9 Å². The molecule has 0 aliphatic rings. The van der Waals surface area contributed by atoms with Gasteiger partial charge in [-0.1, -0.05) is 127 Å². The second-order valence-electron chi connectivity index (χ2n) is 20.8. The molecule has 12 rings (SSSR count). The first kappa shape index (κ1) is 58.8. The van der Waals surface area contributed by atoms with E-state index in [4.69, 9.17) is 0 Å². The third-order valence-electron chi connectivity index (χ3n) is 14.1. The van der Waals surface area contributed by atoms with Gasteiger partial charge in [-0.3, -0.25) is 44.3 Å². The highest BCUT2D eigenvalue weighted by atomic mass is 16.2. The van der Waals surface area contributed by atoms with Gasteiger partial charge >= 0.3 is 0 Å². The summed E-state index contributed by atoms with van der Waals surface area (Å²) in [6, 6.07) is 71.5. The van der Waals surface area contributed by atoms with Gasteiger partial charge in [0.2, 0.25) is 17.7 Å². The largest absolute Gasteiger partial charge is 0.326 e. The van der Waals surface area contributed by atoms with Crippen LogP contribution in [-0.4, -0.2) is 47.6 Å². The van der Waals surface area contributed by atoms with Gasteiger partial charge < -0.3 is 16.0 Å². The number of anilines is 3. The van der Waals surface area contributed by atoms with Crippen LogP contribution in [-0.2, 0) is 33.6 Å². The highest BCUT2D eigenvalue weighted by molar-refractivity contribution is 5.94. The summed E-state index contributed by atoms with van der Waals surface area (Å²) in [5, 5.41) is 8.88. The van der Waals surface area contributed by atoms with Gasteiger partial charge in [-0.2, -0.15) is 0 Å². The lowest BCUT2D eigenvalue weighted by Crippen LogP contribution is -2.14. The molecule has 0 bridgehead atoms. The zero-order valence-electron chi connectivity index (χ0n) is 48.5. The molecule has 426 valence electrons. The van der Waals surface area contributed by atoms with E-state index in [1.807, 2.05) is 258 Å². The van der Waals surface area contributed by atoms with Gasteiger partial charge in [-0.25, -0.2) is 0 Å². The number of hydrogen-bond donors (Lipinski definition) is 3. The van der Waals surface area contributed by atoms with Crippen LogP contribution in [0.1, 0.15) is 33.8 Å². The van der Waals surface area contributed by atoms with Crippen molar-refractivity contribution in [2.75, 3.05) is 16.0 Å². The maximum Gasteiger partial charge on any atom is 0.228 e. The number of carbonyl (C=O) groups excluding carboxylic acids is 3. The topological polar surface area (TPSA) is 165 Å². The Labute approximate surface area is 507 Å². The molecule has 12 nitrogen and oxygen atoms in total. The van der Waals surface area contributed by atoms with Gasteiger partial charge in [0.25, 0.3) is 0 Å². The van der Waals surface area contributed by atoms with Crippen molar-refractivity contribution >= 4 is 34.8 Å². The fourth-order valence-corrected chi connectivity index (χ4v) is 9.63. The second kappa shape index (κ2) is 29.2. The van der Waals surface area contributed by atoms with Gasteiger partial charge in [-0.15, -0.1) is 0 Å². The van der Waals surface area contributed by atoms with Crippen molar-refractivity contribution < 1.29 is 14.4 Å². The molecule has 6 heterocycles. The van der Waals surface area contributed by atoms with Crippen LogP contribution in [0, 0.1) is 20.8 Å². The van der Waals surface area contributed by atoms with E-state index in [1.165, 1.54) is 0 Å². The van der Waals surface area contributed by atoms with E-state index in [1.54, 1.807) is 18.6 Å². The van der Waals surface area contributed by atoms with Crippen LogP contribution in [0.3, 0.4) is 0 Å². The van der Waals surface area contributed by atoms with Crippen molar-refractivity contribution in [3.8, 4) is 66.8 Å². The highest BCUT2D eigenvalue weighted by Gasteiger charge is 2.10. The molecular formula is C75H63N9O3. The minimum Gasteiger partial charge on any atom is -0.326 e. The third-order valence-corrected chi connectivity index (χ3v) is 14.1. The van der Waals surface area contributed by atoms with E-state index < -0.39 is 0 Å². The lowest BCUT2D eigenvalue weighted by Gasteiger charge is -2.08. The molecule has 0 saturated heterocycles. The summed E-state index contributed by atoms with van der Waals surface area (Å²) in [5.41, 5.74) is 21.3. The number of aryl methyl sites for hydroxylation is 3. The van der Waals surface area contributed by atoms with Gasteiger partial charge in [0.05, 0.1) is 19.3 Å². The molecule has 0 fully saturated rings. The Morgan fingerprint density at radius 1 is 0.276 bits per heavy atom. The second-order valence-corrected chi connectivity index (χ2v) is 20.8. The van der Waals surface area contributed by atoms with Gasteiger partial charge in [0.1, 0.15) is 0 Å². The number of amides is 3. The first-order valence-corrected chi connectivity index (χ1v) is 28.5. The number of nitrogens with one attached hydrogen (secondary N) is 3. The fraction of sp³-hybridized carbons (Fsp3) is 0.0800. The molecule has 6 aromatic heterocycles. The Morgan fingerprint density at radius 3 is 0.747 bits per heavy atom. The number of rotatable bonds is 15. The summed E-state index contributed by atoms with van der Waals surface area (Å²) in [6.07, 6.45) is 17.2. The Hall–Kier alpha value is -11.4. The van der Waals surface area contributed by atoms with E-state index in [-0.39, 0.29) is 17.7 Å². The summed E-state index contributed by atoms with van der Waals surface area (Å²) in [4.78, 5) is 62.3. The predicted octanol–water partition coefficient (Wildman–Crippen LogP) is 15.9. The molecule has 3 N–H and O–H groups in total. The van der Waals surface area contributed by atoms with Crippen LogP contribution in [0.15, 0.2) is 274 Å². The predicted molar refractivity (Wildman–Crippen MR) is 349 cm³/mol. The molecule has 0 aliphatic heterocycles. The summed E-state index contributed by atoms with van der Waals surface area (Å²) in [6.45, 7) is 5.93. The minimum absolute atomic E-state index is 0.0355. The standard InChI is InChI=1S/3C25H21N3O/c3*1-18-15-22(12-14-27-18)20-6-4-19(5-7-20)16-25(29)28-24-10-8-21(9-11-24)23-3-2-13-26-17-23/h3*2-15,17H,16H2,1H3,(H,28,29). The van der Waals surface area contributed by atoms with Crippen molar-refractivity contribution in [3.63, 3.8) is 0 Å². The molecule has 87 heavy (non-hydrogen) atoms. The summed E-state index contributed by atoms with van der Waals surface area (Å²) in [5.74, 6) is -0.107. The van der Waals surface area contributed by atoms with Gasteiger partial charge in [0, 0.05) is 89.9 Å². The fourth-order valence-electron chi connectivity index (χ4n) is 9.63. The third kappa shape index (κ3) is 17.4. The normalized spacial score (nSPS) is 10.5. The molecule has 12 aromatic rings. The van der Waals surface area contributed by atoms with Crippen LogP contribution in [0.5, 0.6) is 0 Å². The van der Waals surface area contributed by atoms with Gasteiger partial charge in [0.15, 0.2) is 0 Å². The number of carbonyl (C=O) groups is 3. The first-order chi connectivity index (χ1) is 42.5.